The van der Waals surface area contributed by atoms with Gasteiger partial charge in [-0.25, -0.2) is 0 Å². The van der Waals surface area contributed by atoms with Gasteiger partial charge in [-0.2, -0.15) is 0 Å². The number of hydrogen-bond acceptors (Lipinski definition) is 8. The average molecular weight is 933 g/mol. The highest BCUT2D eigenvalue weighted by Crippen LogP contribution is 2.27. The molecule has 1 fully saturated rings. The van der Waals surface area contributed by atoms with Gasteiger partial charge in [-0.1, -0.05) is 251 Å². The molecule has 1 heterocycles. The van der Waals surface area contributed by atoms with Gasteiger partial charge in [-0.05, 0) is 44.9 Å². The quantitative estimate of drug-likeness (QED) is 0.0278. The van der Waals surface area contributed by atoms with Gasteiger partial charge in [0.15, 0.2) is 18.3 Å². The van der Waals surface area contributed by atoms with Crippen molar-refractivity contribution in [2.75, 3.05) is 13.2 Å². The van der Waals surface area contributed by atoms with Crippen LogP contribution >= 0.6 is 0 Å². The molecule has 1 saturated heterocycles. The van der Waals surface area contributed by atoms with E-state index < -0.39 is 37.0 Å². The van der Waals surface area contributed by atoms with Crippen LogP contribution in [0.3, 0.4) is 0 Å². The summed E-state index contributed by atoms with van der Waals surface area (Å²) < 4.78 is 23.6. The van der Waals surface area contributed by atoms with Gasteiger partial charge in [0, 0.05) is 19.3 Å². The van der Waals surface area contributed by atoms with Crippen LogP contribution in [0, 0.1) is 0 Å². The molecule has 1 aliphatic rings. The highest BCUT2D eigenvalue weighted by atomic mass is 16.6. The zero-order valence-corrected chi connectivity index (χ0v) is 43.8. The van der Waals surface area contributed by atoms with Gasteiger partial charge in [0.25, 0.3) is 0 Å². The molecule has 1 rings (SSSR count). The molecule has 8 nitrogen and oxygen atoms in total. The summed E-state index contributed by atoms with van der Waals surface area (Å²) in [7, 11) is 0. The van der Waals surface area contributed by atoms with E-state index in [1.807, 2.05) is 0 Å². The van der Waals surface area contributed by atoms with Crippen LogP contribution < -0.4 is 0 Å². The Hall–Kier alpha value is -1.93. The van der Waals surface area contributed by atoms with Crippen molar-refractivity contribution in [1.82, 2.24) is 0 Å². The standard InChI is InChI=1S/C58H108O8/c1-4-7-10-13-16-19-22-25-27-30-33-35-38-41-44-47-54(60)64-52(50-59)57-58(66-56(62)49-46-43-40-37-32-29-24-21-18-15-12-9-6-3)53(51-63-57)65-55(61)48-45-42-39-36-34-31-28-26-23-20-17-14-11-8-5-2/h26,28,52-53,57-59H,4-25,27,29-51H2,1-3H3/t52-,53+,57-,58-/m1/s1. The van der Waals surface area contributed by atoms with Crippen LogP contribution in [-0.2, 0) is 33.3 Å². The molecule has 0 radical (unpaired) electrons. The molecule has 0 amide bonds. The number of allylic oxidation sites excluding steroid dienone is 2. The highest BCUT2D eigenvalue weighted by molar-refractivity contribution is 5.71. The molecule has 0 aromatic rings. The van der Waals surface area contributed by atoms with Gasteiger partial charge in [0.1, 0.15) is 6.10 Å². The Morgan fingerprint density at radius 2 is 0.742 bits per heavy atom. The first-order valence-electron chi connectivity index (χ1n) is 28.9. The zero-order valence-electron chi connectivity index (χ0n) is 43.8. The number of unbranched alkanes of at least 4 members (excludes halogenated alkanes) is 37. The summed E-state index contributed by atoms with van der Waals surface area (Å²) in [5.74, 6) is -1.11. The van der Waals surface area contributed by atoms with E-state index in [0.29, 0.717) is 0 Å². The number of carbonyl (C=O) groups is 3. The molecule has 0 spiro atoms. The molecule has 0 saturated carbocycles. The molecule has 1 aliphatic heterocycles. The van der Waals surface area contributed by atoms with Crippen molar-refractivity contribution in [3.63, 3.8) is 0 Å². The van der Waals surface area contributed by atoms with Crippen molar-refractivity contribution >= 4 is 17.9 Å². The first-order valence-corrected chi connectivity index (χ1v) is 28.9. The Kier molecular flexibility index (Phi) is 45.3. The minimum Gasteiger partial charge on any atom is -0.457 e. The van der Waals surface area contributed by atoms with Crippen LogP contribution in [0.4, 0.5) is 0 Å². The molecule has 0 bridgehead atoms. The van der Waals surface area contributed by atoms with E-state index in [4.69, 9.17) is 18.9 Å². The summed E-state index contributed by atoms with van der Waals surface area (Å²) in [5.41, 5.74) is 0. The van der Waals surface area contributed by atoms with Crippen molar-refractivity contribution in [3.05, 3.63) is 12.2 Å². The third-order valence-electron chi connectivity index (χ3n) is 13.6. The largest absolute Gasteiger partial charge is 0.457 e. The highest BCUT2D eigenvalue weighted by Gasteiger charge is 2.47. The lowest BCUT2D eigenvalue weighted by Gasteiger charge is -2.28. The average Bonchev–Trinajstić information content (AvgIpc) is 3.69. The fraction of sp³-hybridized carbons (Fsp3) is 0.914. The predicted octanol–water partition coefficient (Wildman–Crippen LogP) is 16.9. The van der Waals surface area contributed by atoms with E-state index in [2.05, 4.69) is 32.9 Å². The molecule has 0 aliphatic carbocycles. The lowest BCUT2D eigenvalue weighted by atomic mass is 10.0. The summed E-state index contributed by atoms with van der Waals surface area (Å²) in [6, 6.07) is 0. The van der Waals surface area contributed by atoms with E-state index >= 15 is 0 Å². The van der Waals surface area contributed by atoms with Crippen molar-refractivity contribution in [2.45, 2.75) is 328 Å². The molecule has 0 aromatic carbocycles. The summed E-state index contributed by atoms with van der Waals surface area (Å²) in [6.45, 7) is 6.33. The maximum Gasteiger partial charge on any atom is 0.306 e. The topological polar surface area (TPSA) is 108 Å². The van der Waals surface area contributed by atoms with E-state index in [0.717, 1.165) is 70.6 Å². The molecule has 66 heavy (non-hydrogen) atoms. The van der Waals surface area contributed by atoms with Gasteiger partial charge < -0.3 is 24.1 Å². The van der Waals surface area contributed by atoms with Crippen LogP contribution in [0.5, 0.6) is 0 Å². The predicted molar refractivity (Wildman–Crippen MR) is 276 cm³/mol. The first kappa shape index (κ1) is 62.1. The Morgan fingerprint density at radius 1 is 0.439 bits per heavy atom. The van der Waals surface area contributed by atoms with Crippen molar-refractivity contribution in [3.8, 4) is 0 Å². The van der Waals surface area contributed by atoms with E-state index in [9.17, 15) is 19.5 Å². The van der Waals surface area contributed by atoms with Crippen LogP contribution in [0.2, 0.25) is 0 Å². The van der Waals surface area contributed by atoms with E-state index in [1.54, 1.807) is 0 Å². The van der Waals surface area contributed by atoms with Crippen molar-refractivity contribution < 1.29 is 38.4 Å². The number of hydrogen-bond donors (Lipinski definition) is 1. The maximum atomic E-state index is 13.2. The van der Waals surface area contributed by atoms with Gasteiger partial charge in [-0.3, -0.25) is 14.4 Å². The second-order valence-corrected chi connectivity index (χ2v) is 20.0. The van der Waals surface area contributed by atoms with Gasteiger partial charge in [0.05, 0.1) is 13.2 Å². The van der Waals surface area contributed by atoms with Gasteiger partial charge >= 0.3 is 17.9 Å². The minimum atomic E-state index is -1.02. The lowest BCUT2D eigenvalue weighted by Crippen LogP contribution is -2.46. The summed E-state index contributed by atoms with van der Waals surface area (Å²) in [6.07, 6.45) is 51.8. The Balaban J connectivity index is 2.48. The number of aliphatic hydroxyl groups excluding tert-OH is 1. The lowest BCUT2D eigenvalue weighted by molar-refractivity contribution is -0.175. The number of rotatable bonds is 50. The van der Waals surface area contributed by atoms with Crippen LogP contribution in [0.15, 0.2) is 12.2 Å². The monoisotopic (exact) mass is 933 g/mol. The summed E-state index contributed by atoms with van der Waals surface area (Å²) >= 11 is 0. The van der Waals surface area contributed by atoms with Crippen molar-refractivity contribution in [1.29, 1.82) is 0 Å². The minimum absolute atomic E-state index is 0.0204. The normalized spacial score (nSPS) is 16.6. The summed E-state index contributed by atoms with van der Waals surface area (Å²) in [5, 5.41) is 10.4. The molecule has 8 heteroatoms. The van der Waals surface area contributed by atoms with E-state index in [-0.39, 0.29) is 37.8 Å². The van der Waals surface area contributed by atoms with Crippen LogP contribution in [0.25, 0.3) is 0 Å². The smallest absolute Gasteiger partial charge is 0.306 e. The third kappa shape index (κ3) is 38.0. The number of aliphatic hydroxyl groups is 1. The molecule has 0 unspecified atom stereocenters. The maximum absolute atomic E-state index is 13.2. The molecule has 0 aromatic heterocycles. The SMILES string of the molecule is CCCCCCCCC=CCCCCCCCC(=O)O[C@H]1CO[C@H]([C@@H](CO)OC(=O)CCCCCCCCCCCCCCCCC)[C@@H]1OC(=O)CCCCCCCCCCCCCCC. The fourth-order valence-corrected chi connectivity index (χ4v) is 9.31. The third-order valence-corrected chi connectivity index (χ3v) is 13.6. The molecule has 4 atom stereocenters. The van der Waals surface area contributed by atoms with Gasteiger partial charge in [0.2, 0.25) is 0 Å². The van der Waals surface area contributed by atoms with Gasteiger partial charge in [-0.15, -0.1) is 0 Å². The number of carbonyl (C=O) groups excluding carboxylic acids is 3. The Bertz CT molecular complexity index is 1110. The second-order valence-electron chi connectivity index (χ2n) is 20.0. The Labute approximate surface area is 408 Å². The first-order chi connectivity index (χ1) is 32.5. The van der Waals surface area contributed by atoms with E-state index in [1.165, 1.54) is 193 Å². The zero-order chi connectivity index (χ0) is 47.8. The van der Waals surface area contributed by atoms with Crippen molar-refractivity contribution in [2.24, 2.45) is 0 Å². The molecule has 1 N–H and O–H groups in total. The fourth-order valence-electron chi connectivity index (χ4n) is 9.31. The van der Waals surface area contributed by atoms with Crippen LogP contribution in [0.1, 0.15) is 303 Å². The summed E-state index contributed by atoms with van der Waals surface area (Å²) in [4.78, 5) is 39.2. The molecular weight excluding hydrogens is 825 g/mol. The number of ether oxygens (including phenoxy) is 4. The second kappa shape index (κ2) is 48.1. The Morgan fingerprint density at radius 3 is 1.09 bits per heavy atom. The number of esters is 3. The molecule has 388 valence electrons. The van der Waals surface area contributed by atoms with Crippen LogP contribution in [-0.4, -0.2) is 60.6 Å². The molecular formula is C58H108O8.